The zero-order chi connectivity index (χ0) is 15.1. The molecule has 1 atom stereocenters. The molecular formula is C17H35NO2. The molecule has 2 N–H and O–H groups in total. The molecule has 0 aliphatic rings. The van der Waals surface area contributed by atoms with Crippen molar-refractivity contribution in [3.05, 3.63) is 0 Å². The molecule has 3 heteroatoms. The van der Waals surface area contributed by atoms with E-state index < -0.39 is 12.0 Å². The van der Waals surface area contributed by atoms with Gasteiger partial charge in [-0.05, 0) is 19.9 Å². The number of unbranched alkanes of at least 4 members (excludes halogenated alkanes) is 11. The van der Waals surface area contributed by atoms with Crippen LogP contribution in [0.2, 0.25) is 0 Å². The molecule has 1 unspecified atom stereocenters. The molecule has 0 aromatic heterocycles. The topological polar surface area (TPSA) is 49.3 Å². The van der Waals surface area contributed by atoms with Crippen molar-refractivity contribution < 1.29 is 9.90 Å². The minimum absolute atomic E-state index is 0.414. The van der Waals surface area contributed by atoms with Gasteiger partial charge in [-0.15, -0.1) is 0 Å². The van der Waals surface area contributed by atoms with Crippen LogP contribution in [-0.2, 0) is 4.79 Å². The fourth-order valence-corrected chi connectivity index (χ4v) is 2.37. The molecule has 3 nitrogen and oxygen atoms in total. The highest BCUT2D eigenvalue weighted by Gasteiger charge is 2.07. The van der Waals surface area contributed by atoms with Gasteiger partial charge in [0.05, 0.1) is 0 Å². The maximum atomic E-state index is 10.6. The average Bonchev–Trinajstić information content (AvgIpc) is 2.43. The van der Waals surface area contributed by atoms with Crippen molar-refractivity contribution in [1.29, 1.82) is 0 Å². The van der Waals surface area contributed by atoms with E-state index in [2.05, 4.69) is 12.2 Å². The number of aliphatic carboxylic acids is 1. The highest BCUT2D eigenvalue weighted by Crippen LogP contribution is 2.11. The SMILES string of the molecule is CCCCCCCCCCCCCCNC(C)C(=O)O. The van der Waals surface area contributed by atoms with Gasteiger partial charge in [-0.2, -0.15) is 0 Å². The lowest BCUT2D eigenvalue weighted by Crippen LogP contribution is -2.34. The summed E-state index contributed by atoms with van der Waals surface area (Å²) >= 11 is 0. The summed E-state index contributed by atoms with van der Waals surface area (Å²) in [6, 6.07) is -0.414. The Bertz CT molecular complexity index is 219. The third-order valence-electron chi connectivity index (χ3n) is 3.85. The first-order valence-corrected chi connectivity index (χ1v) is 8.64. The number of carboxylic acids is 1. The molecule has 120 valence electrons. The monoisotopic (exact) mass is 285 g/mol. The summed E-state index contributed by atoms with van der Waals surface area (Å²) in [5, 5.41) is 11.7. The smallest absolute Gasteiger partial charge is 0.320 e. The Morgan fingerprint density at radius 3 is 1.65 bits per heavy atom. The van der Waals surface area contributed by atoms with Crippen LogP contribution in [0.15, 0.2) is 0 Å². The maximum absolute atomic E-state index is 10.6. The molecule has 0 aliphatic heterocycles. The van der Waals surface area contributed by atoms with Gasteiger partial charge in [0.2, 0.25) is 0 Å². The number of hydrogen-bond acceptors (Lipinski definition) is 2. The second-order valence-electron chi connectivity index (χ2n) is 5.90. The summed E-state index contributed by atoms with van der Waals surface area (Å²) in [4.78, 5) is 10.6. The summed E-state index contributed by atoms with van der Waals surface area (Å²) in [6.07, 6.45) is 16.1. The Kier molecular flexibility index (Phi) is 14.4. The van der Waals surface area contributed by atoms with E-state index in [-0.39, 0.29) is 0 Å². The van der Waals surface area contributed by atoms with Crippen molar-refractivity contribution in [2.45, 2.75) is 96.9 Å². The van der Waals surface area contributed by atoms with Crippen LogP contribution in [0.25, 0.3) is 0 Å². The standard InChI is InChI=1S/C17H35NO2/c1-3-4-5-6-7-8-9-10-11-12-13-14-15-18-16(2)17(19)20/h16,18H,3-15H2,1-2H3,(H,19,20). The zero-order valence-electron chi connectivity index (χ0n) is 13.6. The first kappa shape index (κ1) is 19.4. The van der Waals surface area contributed by atoms with Gasteiger partial charge < -0.3 is 10.4 Å². The molecule has 0 rings (SSSR count). The minimum Gasteiger partial charge on any atom is -0.480 e. The Hall–Kier alpha value is -0.570. The lowest BCUT2D eigenvalue weighted by molar-refractivity contribution is -0.138. The summed E-state index contributed by atoms with van der Waals surface area (Å²) in [6.45, 7) is 4.78. The second-order valence-corrected chi connectivity index (χ2v) is 5.90. The summed E-state index contributed by atoms with van der Waals surface area (Å²) in [5.41, 5.74) is 0. The number of hydrogen-bond donors (Lipinski definition) is 2. The van der Waals surface area contributed by atoms with E-state index in [4.69, 9.17) is 5.11 Å². The van der Waals surface area contributed by atoms with Crippen molar-refractivity contribution >= 4 is 5.97 Å². The fourth-order valence-electron chi connectivity index (χ4n) is 2.37. The number of rotatable bonds is 15. The van der Waals surface area contributed by atoms with Crippen molar-refractivity contribution in [1.82, 2.24) is 5.32 Å². The molecule has 0 aliphatic carbocycles. The molecule has 0 amide bonds. The van der Waals surface area contributed by atoms with Crippen molar-refractivity contribution in [2.24, 2.45) is 0 Å². The van der Waals surface area contributed by atoms with Gasteiger partial charge >= 0.3 is 5.97 Å². The van der Waals surface area contributed by atoms with E-state index in [0.717, 1.165) is 13.0 Å². The van der Waals surface area contributed by atoms with Crippen LogP contribution in [-0.4, -0.2) is 23.7 Å². The van der Waals surface area contributed by atoms with Gasteiger partial charge in [0.15, 0.2) is 0 Å². The Morgan fingerprint density at radius 1 is 0.850 bits per heavy atom. The third-order valence-corrected chi connectivity index (χ3v) is 3.85. The number of carbonyl (C=O) groups is 1. The van der Waals surface area contributed by atoms with Crippen LogP contribution < -0.4 is 5.32 Å². The quantitative estimate of drug-likeness (QED) is 0.427. The van der Waals surface area contributed by atoms with Crippen LogP contribution >= 0.6 is 0 Å². The van der Waals surface area contributed by atoms with Crippen molar-refractivity contribution in [3.63, 3.8) is 0 Å². The predicted octanol–water partition coefficient (Wildman–Crippen LogP) is 4.75. The maximum Gasteiger partial charge on any atom is 0.320 e. The second kappa shape index (κ2) is 14.8. The van der Waals surface area contributed by atoms with Gasteiger partial charge in [0, 0.05) is 0 Å². The molecule has 0 aromatic rings. The molecule has 0 aromatic carbocycles. The average molecular weight is 285 g/mol. The Morgan fingerprint density at radius 2 is 1.25 bits per heavy atom. The summed E-state index contributed by atoms with van der Waals surface area (Å²) in [7, 11) is 0. The van der Waals surface area contributed by atoms with Crippen LogP contribution in [0.1, 0.15) is 90.9 Å². The molecule has 0 saturated carbocycles. The van der Waals surface area contributed by atoms with Crippen molar-refractivity contribution in [3.8, 4) is 0 Å². The molecule has 0 fully saturated rings. The fraction of sp³-hybridized carbons (Fsp3) is 0.941. The van der Waals surface area contributed by atoms with Crippen molar-refractivity contribution in [2.75, 3.05) is 6.54 Å². The first-order valence-electron chi connectivity index (χ1n) is 8.64. The summed E-state index contributed by atoms with van der Waals surface area (Å²) < 4.78 is 0. The van der Waals surface area contributed by atoms with E-state index >= 15 is 0 Å². The first-order chi connectivity index (χ1) is 9.68. The molecule has 0 spiro atoms. The molecule has 0 heterocycles. The van der Waals surface area contributed by atoms with E-state index in [9.17, 15) is 4.79 Å². The van der Waals surface area contributed by atoms with Gasteiger partial charge in [0.25, 0.3) is 0 Å². The largest absolute Gasteiger partial charge is 0.480 e. The van der Waals surface area contributed by atoms with Crippen LogP contribution in [0.5, 0.6) is 0 Å². The molecule has 20 heavy (non-hydrogen) atoms. The summed E-state index contributed by atoms with van der Waals surface area (Å²) in [5.74, 6) is -0.760. The molecule has 0 radical (unpaired) electrons. The lowest BCUT2D eigenvalue weighted by Gasteiger charge is -2.08. The lowest BCUT2D eigenvalue weighted by atomic mass is 10.1. The Labute approximate surface area is 125 Å². The van der Waals surface area contributed by atoms with E-state index in [1.54, 1.807) is 6.92 Å². The number of nitrogens with one attached hydrogen (secondary N) is 1. The highest BCUT2D eigenvalue weighted by molar-refractivity contribution is 5.72. The molecule has 0 bridgehead atoms. The van der Waals surface area contributed by atoms with Crippen LogP contribution in [0, 0.1) is 0 Å². The van der Waals surface area contributed by atoms with Gasteiger partial charge in [-0.1, -0.05) is 77.6 Å². The predicted molar refractivity (Wildman–Crippen MR) is 86.2 cm³/mol. The number of carboxylic acid groups (broad SMARTS) is 1. The molecule has 0 saturated heterocycles. The van der Waals surface area contributed by atoms with Gasteiger partial charge in [0.1, 0.15) is 6.04 Å². The van der Waals surface area contributed by atoms with E-state index in [1.807, 2.05) is 0 Å². The highest BCUT2D eigenvalue weighted by atomic mass is 16.4. The molecular weight excluding hydrogens is 250 g/mol. The van der Waals surface area contributed by atoms with E-state index in [1.165, 1.54) is 70.6 Å². The zero-order valence-corrected chi connectivity index (χ0v) is 13.6. The normalized spacial score (nSPS) is 12.5. The van der Waals surface area contributed by atoms with Gasteiger partial charge in [-0.25, -0.2) is 0 Å². The Balaban J connectivity index is 3.04. The minimum atomic E-state index is -0.760. The third kappa shape index (κ3) is 13.9. The van der Waals surface area contributed by atoms with E-state index in [0.29, 0.717) is 0 Å². The van der Waals surface area contributed by atoms with Gasteiger partial charge in [-0.3, -0.25) is 4.79 Å². The van der Waals surface area contributed by atoms with Crippen LogP contribution in [0.3, 0.4) is 0 Å². The van der Waals surface area contributed by atoms with Crippen LogP contribution in [0.4, 0.5) is 0 Å².